The van der Waals surface area contributed by atoms with Crippen molar-refractivity contribution in [2.75, 3.05) is 0 Å². The molecular weight excluding hydrogens is 226 g/mol. The second kappa shape index (κ2) is 6.01. The van der Waals surface area contributed by atoms with E-state index in [1.54, 1.807) is 0 Å². The Hall–Kier alpha value is -1.35. The largest absolute Gasteiger partial charge is 0.481 e. The lowest BCUT2D eigenvalue weighted by molar-refractivity contribution is -0.138. The van der Waals surface area contributed by atoms with Crippen molar-refractivity contribution in [1.82, 2.24) is 5.32 Å². The zero-order valence-electron chi connectivity index (χ0n) is 10.8. The maximum absolute atomic E-state index is 10.8. The van der Waals surface area contributed by atoms with Crippen molar-refractivity contribution in [2.45, 2.75) is 38.8 Å². The summed E-state index contributed by atoms with van der Waals surface area (Å²) in [4.78, 5) is 10.8. The van der Waals surface area contributed by atoms with Crippen molar-refractivity contribution in [3.05, 3.63) is 35.9 Å². The van der Waals surface area contributed by atoms with Gasteiger partial charge in [-0.25, -0.2) is 0 Å². The van der Waals surface area contributed by atoms with Crippen LogP contribution >= 0.6 is 0 Å². The number of carbonyl (C=O) groups is 1. The number of nitrogens with one attached hydrogen (secondary N) is 1. The molecule has 2 N–H and O–H groups in total. The number of hydrogen-bond donors (Lipinski definition) is 2. The van der Waals surface area contributed by atoms with E-state index in [0.717, 1.165) is 6.54 Å². The summed E-state index contributed by atoms with van der Waals surface area (Å²) >= 11 is 0. The van der Waals surface area contributed by atoms with Crippen molar-refractivity contribution in [1.29, 1.82) is 0 Å². The minimum absolute atomic E-state index is 0.193. The van der Waals surface area contributed by atoms with E-state index in [0.29, 0.717) is 12.0 Å². The molecule has 0 bridgehead atoms. The molecule has 1 fully saturated rings. The van der Waals surface area contributed by atoms with Crippen molar-refractivity contribution >= 4 is 5.97 Å². The Morgan fingerprint density at radius 2 is 2.06 bits per heavy atom. The van der Waals surface area contributed by atoms with E-state index in [2.05, 4.69) is 17.4 Å². The summed E-state index contributed by atoms with van der Waals surface area (Å²) in [5.41, 5.74) is 1.26. The van der Waals surface area contributed by atoms with Gasteiger partial charge in [0.05, 0.1) is 0 Å². The van der Waals surface area contributed by atoms with Crippen LogP contribution in [0.15, 0.2) is 30.3 Å². The minimum atomic E-state index is -0.699. The number of carboxylic acid groups (broad SMARTS) is 1. The third-order valence-corrected chi connectivity index (χ3v) is 3.62. The van der Waals surface area contributed by atoms with Gasteiger partial charge >= 0.3 is 5.97 Å². The molecule has 18 heavy (non-hydrogen) atoms. The van der Waals surface area contributed by atoms with Crippen LogP contribution in [-0.4, -0.2) is 17.1 Å². The molecule has 3 heteroatoms. The number of carboxylic acids is 1. The van der Waals surface area contributed by atoms with Gasteiger partial charge in [0.25, 0.3) is 0 Å². The van der Waals surface area contributed by atoms with E-state index in [4.69, 9.17) is 5.11 Å². The third-order valence-electron chi connectivity index (χ3n) is 3.62. The maximum atomic E-state index is 10.8. The smallest absolute Gasteiger partial charge is 0.303 e. The normalized spacial score (nSPS) is 18.3. The molecule has 1 aromatic carbocycles. The van der Waals surface area contributed by atoms with Crippen LogP contribution in [0, 0.1) is 11.8 Å². The molecule has 2 unspecified atom stereocenters. The Bertz CT molecular complexity index is 387. The third kappa shape index (κ3) is 3.84. The first-order valence-corrected chi connectivity index (χ1v) is 6.66. The van der Waals surface area contributed by atoms with Crippen molar-refractivity contribution in [3.8, 4) is 0 Å². The quantitative estimate of drug-likeness (QED) is 0.778. The molecular formula is C15H21NO2. The summed E-state index contributed by atoms with van der Waals surface area (Å²) in [5, 5.41) is 12.4. The van der Waals surface area contributed by atoms with Crippen LogP contribution < -0.4 is 5.32 Å². The predicted molar refractivity (Wildman–Crippen MR) is 71.2 cm³/mol. The molecule has 0 amide bonds. The topological polar surface area (TPSA) is 49.3 Å². The van der Waals surface area contributed by atoms with E-state index < -0.39 is 5.97 Å². The van der Waals surface area contributed by atoms with Gasteiger partial charge < -0.3 is 10.4 Å². The second-order valence-corrected chi connectivity index (χ2v) is 5.30. The van der Waals surface area contributed by atoms with Crippen LogP contribution in [0.1, 0.15) is 31.7 Å². The van der Waals surface area contributed by atoms with Crippen LogP contribution in [0.4, 0.5) is 0 Å². The van der Waals surface area contributed by atoms with E-state index in [1.807, 2.05) is 25.1 Å². The summed E-state index contributed by atoms with van der Waals surface area (Å²) in [6.45, 7) is 2.86. The van der Waals surface area contributed by atoms with E-state index >= 15 is 0 Å². The van der Waals surface area contributed by atoms with Gasteiger partial charge in [0.15, 0.2) is 0 Å². The fraction of sp³-hybridized carbons (Fsp3) is 0.533. The lowest BCUT2D eigenvalue weighted by Crippen LogP contribution is -2.37. The van der Waals surface area contributed by atoms with Gasteiger partial charge in [0.1, 0.15) is 0 Å². The molecule has 2 atom stereocenters. The van der Waals surface area contributed by atoms with Gasteiger partial charge in [-0.15, -0.1) is 0 Å². The Morgan fingerprint density at radius 1 is 1.39 bits per heavy atom. The number of hydrogen-bond acceptors (Lipinski definition) is 2. The van der Waals surface area contributed by atoms with Crippen LogP contribution in [0.25, 0.3) is 0 Å². The summed E-state index contributed by atoms with van der Waals surface area (Å²) in [6, 6.07) is 10.6. The zero-order chi connectivity index (χ0) is 13.0. The molecule has 0 spiro atoms. The average molecular weight is 247 g/mol. The highest BCUT2D eigenvalue weighted by Crippen LogP contribution is 2.36. The first-order chi connectivity index (χ1) is 8.66. The SMILES string of the molecule is CC(CC(=O)O)C(NCc1ccccc1)C1CC1. The summed E-state index contributed by atoms with van der Waals surface area (Å²) in [6.07, 6.45) is 2.72. The molecule has 3 nitrogen and oxygen atoms in total. The molecule has 0 aliphatic heterocycles. The van der Waals surface area contributed by atoms with E-state index in [9.17, 15) is 4.79 Å². The zero-order valence-corrected chi connectivity index (χ0v) is 10.8. The monoisotopic (exact) mass is 247 g/mol. The summed E-state index contributed by atoms with van der Waals surface area (Å²) in [7, 11) is 0. The minimum Gasteiger partial charge on any atom is -0.481 e. The highest BCUT2D eigenvalue weighted by Gasteiger charge is 2.34. The standard InChI is InChI=1S/C15H21NO2/c1-11(9-14(17)18)15(13-7-8-13)16-10-12-5-3-2-4-6-12/h2-6,11,13,15-16H,7-10H2,1H3,(H,17,18). The van der Waals surface area contributed by atoms with Crippen molar-refractivity contribution in [2.24, 2.45) is 11.8 Å². The molecule has 1 aliphatic rings. The van der Waals surface area contributed by atoms with Gasteiger partial charge in [0, 0.05) is 19.0 Å². The van der Waals surface area contributed by atoms with Gasteiger partial charge in [-0.1, -0.05) is 37.3 Å². The lowest BCUT2D eigenvalue weighted by atomic mass is 9.94. The average Bonchev–Trinajstić information content (AvgIpc) is 3.14. The van der Waals surface area contributed by atoms with Crippen LogP contribution in [0.3, 0.4) is 0 Å². The van der Waals surface area contributed by atoms with Crippen LogP contribution in [-0.2, 0) is 11.3 Å². The molecule has 1 aliphatic carbocycles. The number of rotatable bonds is 7. The van der Waals surface area contributed by atoms with E-state index in [-0.39, 0.29) is 12.3 Å². The second-order valence-electron chi connectivity index (χ2n) is 5.30. The molecule has 1 aromatic rings. The lowest BCUT2D eigenvalue weighted by Gasteiger charge is -2.24. The van der Waals surface area contributed by atoms with Crippen LogP contribution in [0.2, 0.25) is 0 Å². The first kappa shape index (κ1) is 13.1. The molecule has 98 valence electrons. The van der Waals surface area contributed by atoms with Crippen molar-refractivity contribution in [3.63, 3.8) is 0 Å². The molecule has 0 saturated heterocycles. The number of benzene rings is 1. The molecule has 0 aromatic heterocycles. The molecule has 2 rings (SSSR count). The molecule has 0 radical (unpaired) electrons. The summed E-state index contributed by atoms with van der Waals surface area (Å²) < 4.78 is 0. The predicted octanol–water partition coefficient (Wildman–Crippen LogP) is 2.67. The Labute approximate surface area is 108 Å². The highest BCUT2D eigenvalue weighted by atomic mass is 16.4. The first-order valence-electron chi connectivity index (χ1n) is 6.66. The Kier molecular flexibility index (Phi) is 4.37. The highest BCUT2D eigenvalue weighted by molar-refractivity contribution is 5.67. The molecule has 0 heterocycles. The maximum Gasteiger partial charge on any atom is 0.303 e. The fourth-order valence-electron chi connectivity index (χ4n) is 2.52. The van der Waals surface area contributed by atoms with Gasteiger partial charge in [-0.3, -0.25) is 4.79 Å². The Balaban J connectivity index is 1.88. The summed E-state index contributed by atoms with van der Waals surface area (Å²) in [5.74, 6) is 0.163. The van der Waals surface area contributed by atoms with Crippen molar-refractivity contribution < 1.29 is 9.90 Å². The van der Waals surface area contributed by atoms with E-state index in [1.165, 1.54) is 18.4 Å². The molecule has 1 saturated carbocycles. The number of aliphatic carboxylic acids is 1. The van der Waals surface area contributed by atoms with Crippen LogP contribution in [0.5, 0.6) is 0 Å². The van der Waals surface area contributed by atoms with Gasteiger partial charge in [-0.2, -0.15) is 0 Å². The fourth-order valence-corrected chi connectivity index (χ4v) is 2.52. The van der Waals surface area contributed by atoms with Gasteiger partial charge in [0.2, 0.25) is 0 Å². The van der Waals surface area contributed by atoms with Gasteiger partial charge in [-0.05, 0) is 30.2 Å². The Morgan fingerprint density at radius 3 is 2.61 bits per heavy atom.